The fourth-order valence-corrected chi connectivity index (χ4v) is 0.983. The topological polar surface area (TPSA) is 47.6 Å². The Kier molecular flexibility index (Phi) is 3.79. The van der Waals surface area contributed by atoms with Crippen LogP contribution in [0, 0.1) is 0 Å². The minimum atomic E-state index is -0.437. The zero-order chi connectivity index (χ0) is 10.4. The molecule has 0 aliphatic heterocycles. The molecule has 1 aromatic rings. The lowest BCUT2D eigenvalue weighted by molar-refractivity contribution is 0.142. The molecule has 0 aliphatic carbocycles. The molecule has 0 heterocycles. The summed E-state index contributed by atoms with van der Waals surface area (Å²) in [6, 6.07) is 7.37. The fourth-order valence-electron chi connectivity index (χ4n) is 0.983. The maximum Gasteiger partial charge on any atom is 0.407 e. The van der Waals surface area contributed by atoms with E-state index in [1.807, 2.05) is 24.3 Å². The van der Waals surface area contributed by atoms with Crippen LogP contribution in [0.25, 0.3) is 0 Å². The van der Waals surface area contributed by atoms with Crippen molar-refractivity contribution in [1.29, 1.82) is 0 Å². The number of rotatable bonds is 3. The highest BCUT2D eigenvalue weighted by Gasteiger charge is 1.99. The Morgan fingerprint density at radius 3 is 2.93 bits per heavy atom. The van der Waals surface area contributed by atoms with Crippen molar-refractivity contribution in [2.45, 2.75) is 6.61 Å². The van der Waals surface area contributed by atoms with Crippen LogP contribution in [0.2, 0.25) is 0 Å². The molecule has 0 radical (unpaired) electrons. The molecule has 0 unspecified atom stereocenters. The highest BCUT2D eigenvalue weighted by atomic mass is 16.5. The van der Waals surface area contributed by atoms with Gasteiger partial charge in [0.25, 0.3) is 0 Å². The molecule has 0 spiro atoms. The van der Waals surface area contributed by atoms with Crippen molar-refractivity contribution in [2.24, 2.45) is 0 Å². The Balaban J connectivity index is 2.54. The molecule has 1 aromatic carbocycles. The molecule has 1 amide bonds. The molecule has 4 nitrogen and oxygen atoms in total. The van der Waals surface area contributed by atoms with Crippen molar-refractivity contribution in [3.63, 3.8) is 0 Å². The average molecular weight is 195 g/mol. The van der Waals surface area contributed by atoms with Gasteiger partial charge in [0.2, 0.25) is 0 Å². The highest BCUT2D eigenvalue weighted by molar-refractivity contribution is 5.66. The summed E-state index contributed by atoms with van der Waals surface area (Å²) in [7, 11) is 3.12. The standard InChI is InChI=1S/C10H13NO3/c1-11-10(12)14-7-8-4-3-5-9(6-8)13-2/h3-6H,7H2,1-2H3,(H,11,12). The normalized spacial score (nSPS) is 9.29. The first-order valence-corrected chi connectivity index (χ1v) is 4.23. The molecule has 0 bridgehead atoms. The third-order valence-electron chi connectivity index (χ3n) is 1.71. The first-order valence-electron chi connectivity index (χ1n) is 4.23. The predicted molar refractivity (Wildman–Crippen MR) is 52.2 cm³/mol. The average Bonchev–Trinajstić information content (AvgIpc) is 2.26. The van der Waals surface area contributed by atoms with Gasteiger partial charge in [-0.1, -0.05) is 12.1 Å². The maximum absolute atomic E-state index is 10.8. The fraction of sp³-hybridized carbons (Fsp3) is 0.300. The van der Waals surface area contributed by atoms with Crippen LogP contribution in [0.5, 0.6) is 5.75 Å². The van der Waals surface area contributed by atoms with Crippen LogP contribution in [0.3, 0.4) is 0 Å². The first-order chi connectivity index (χ1) is 6.76. The van der Waals surface area contributed by atoms with Crippen LogP contribution < -0.4 is 10.1 Å². The summed E-state index contributed by atoms with van der Waals surface area (Å²) in [6.07, 6.45) is -0.437. The van der Waals surface area contributed by atoms with Gasteiger partial charge in [-0.15, -0.1) is 0 Å². The van der Waals surface area contributed by atoms with E-state index in [1.165, 1.54) is 7.05 Å². The monoisotopic (exact) mass is 195 g/mol. The molecular weight excluding hydrogens is 182 g/mol. The number of nitrogens with one attached hydrogen (secondary N) is 1. The summed E-state index contributed by atoms with van der Waals surface area (Å²) in [6.45, 7) is 0.247. The van der Waals surface area contributed by atoms with Gasteiger partial charge in [-0.25, -0.2) is 4.79 Å². The number of benzene rings is 1. The van der Waals surface area contributed by atoms with Crippen molar-refractivity contribution in [3.05, 3.63) is 29.8 Å². The second-order valence-corrected chi connectivity index (χ2v) is 2.68. The zero-order valence-corrected chi connectivity index (χ0v) is 8.24. The lowest BCUT2D eigenvalue weighted by atomic mass is 10.2. The molecule has 0 fully saturated rings. The first kappa shape index (κ1) is 10.4. The number of hydrogen-bond acceptors (Lipinski definition) is 3. The summed E-state index contributed by atoms with van der Waals surface area (Å²) < 4.78 is 9.90. The number of hydrogen-bond donors (Lipinski definition) is 1. The van der Waals surface area contributed by atoms with E-state index >= 15 is 0 Å². The van der Waals surface area contributed by atoms with Gasteiger partial charge in [0.15, 0.2) is 0 Å². The molecule has 0 saturated heterocycles. The summed E-state index contributed by atoms with van der Waals surface area (Å²) >= 11 is 0. The Morgan fingerprint density at radius 1 is 1.50 bits per heavy atom. The van der Waals surface area contributed by atoms with Crippen LogP contribution in [0.15, 0.2) is 24.3 Å². The van der Waals surface area contributed by atoms with Crippen LogP contribution in [-0.4, -0.2) is 20.3 Å². The van der Waals surface area contributed by atoms with E-state index in [9.17, 15) is 4.79 Å². The third-order valence-corrected chi connectivity index (χ3v) is 1.71. The van der Waals surface area contributed by atoms with E-state index in [1.54, 1.807) is 7.11 Å². The lowest BCUT2D eigenvalue weighted by Gasteiger charge is -2.05. The quantitative estimate of drug-likeness (QED) is 0.796. The molecule has 1 rings (SSSR count). The Bertz CT molecular complexity index is 312. The summed E-state index contributed by atoms with van der Waals surface area (Å²) in [5.74, 6) is 0.753. The van der Waals surface area contributed by atoms with E-state index in [2.05, 4.69) is 5.32 Å². The molecule has 14 heavy (non-hydrogen) atoms. The summed E-state index contributed by atoms with van der Waals surface area (Å²) in [5, 5.41) is 2.37. The smallest absolute Gasteiger partial charge is 0.407 e. The second kappa shape index (κ2) is 5.11. The van der Waals surface area contributed by atoms with Gasteiger partial charge in [0.05, 0.1) is 7.11 Å². The van der Waals surface area contributed by atoms with Gasteiger partial charge in [0, 0.05) is 7.05 Å². The molecule has 0 saturated carbocycles. The summed E-state index contributed by atoms with van der Waals surface area (Å²) in [4.78, 5) is 10.8. The lowest BCUT2D eigenvalue weighted by Crippen LogP contribution is -2.18. The molecule has 0 aliphatic rings. The molecular formula is C10H13NO3. The minimum Gasteiger partial charge on any atom is -0.497 e. The van der Waals surface area contributed by atoms with E-state index in [0.717, 1.165) is 11.3 Å². The maximum atomic E-state index is 10.8. The van der Waals surface area contributed by atoms with Gasteiger partial charge in [0.1, 0.15) is 12.4 Å². The van der Waals surface area contributed by atoms with Gasteiger partial charge in [-0.3, -0.25) is 0 Å². The number of alkyl carbamates (subject to hydrolysis) is 1. The molecule has 0 atom stereocenters. The minimum absolute atomic E-state index is 0.247. The van der Waals surface area contributed by atoms with Crippen molar-refractivity contribution in [3.8, 4) is 5.75 Å². The molecule has 1 N–H and O–H groups in total. The van der Waals surface area contributed by atoms with Gasteiger partial charge < -0.3 is 14.8 Å². The SMILES string of the molecule is CNC(=O)OCc1cccc(OC)c1. The number of amides is 1. The van der Waals surface area contributed by atoms with Crippen molar-refractivity contribution in [1.82, 2.24) is 5.32 Å². The number of ether oxygens (including phenoxy) is 2. The van der Waals surface area contributed by atoms with Crippen LogP contribution in [-0.2, 0) is 11.3 Å². The van der Waals surface area contributed by atoms with Crippen LogP contribution in [0.4, 0.5) is 4.79 Å². The highest BCUT2D eigenvalue weighted by Crippen LogP contribution is 2.12. The number of carbonyl (C=O) groups excluding carboxylic acids is 1. The third kappa shape index (κ3) is 2.97. The zero-order valence-electron chi connectivity index (χ0n) is 8.24. The molecule has 76 valence electrons. The second-order valence-electron chi connectivity index (χ2n) is 2.68. The van der Waals surface area contributed by atoms with Crippen LogP contribution in [0.1, 0.15) is 5.56 Å². The summed E-state index contributed by atoms with van der Waals surface area (Å²) in [5.41, 5.74) is 0.896. The van der Waals surface area contributed by atoms with Crippen molar-refractivity contribution >= 4 is 6.09 Å². The van der Waals surface area contributed by atoms with E-state index < -0.39 is 6.09 Å². The van der Waals surface area contributed by atoms with Gasteiger partial charge in [-0.05, 0) is 17.7 Å². The van der Waals surface area contributed by atoms with E-state index in [4.69, 9.17) is 9.47 Å². The van der Waals surface area contributed by atoms with E-state index in [-0.39, 0.29) is 6.61 Å². The van der Waals surface area contributed by atoms with Crippen LogP contribution >= 0.6 is 0 Å². The Morgan fingerprint density at radius 2 is 2.29 bits per heavy atom. The van der Waals surface area contributed by atoms with Crippen molar-refractivity contribution in [2.75, 3.05) is 14.2 Å². The van der Waals surface area contributed by atoms with E-state index in [0.29, 0.717) is 0 Å². The Labute approximate surface area is 82.8 Å². The Hall–Kier alpha value is -1.71. The molecule has 0 aromatic heterocycles. The van der Waals surface area contributed by atoms with Gasteiger partial charge >= 0.3 is 6.09 Å². The van der Waals surface area contributed by atoms with Crippen molar-refractivity contribution < 1.29 is 14.3 Å². The largest absolute Gasteiger partial charge is 0.497 e. The van der Waals surface area contributed by atoms with Gasteiger partial charge in [-0.2, -0.15) is 0 Å². The number of methoxy groups -OCH3 is 1. The molecule has 4 heteroatoms. The predicted octanol–water partition coefficient (Wildman–Crippen LogP) is 1.55. The number of carbonyl (C=O) groups is 1.